The molecule has 0 aliphatic rings. The number of hydrogen-bond acceptors (Lipinski definition) is 3. The minimum Gasteiger partial charge on any atom is -0.372 e. The Bertz CT molecular complexity index is 759. The molecule has 1 N–H and O–H groups in total. The average molecular weight is 368 g/mol. The summed E-state index contributed by atoms with van der Waals surface area (Å²) in [6, 6.07) is 16.6. The van der Waals surface area contributed by atoms with Crippen molar-refractivity contribution >= 4 is 21.6 Å². The van der Waals surface area contributed by atoms with Gasteiger partial charge in [-0.1, -0.05) is 67.1 Å². The van der Waals surface area contributed by atoms with Crippen LogP contribution in [-0.4, -0.2) is 22.1 Å². The molecule has 0 saturated carbocycles. The number of methoxy groups -OCH3 is 1. The lowest BCUT2D eigenvalue weighted by atomic mass is 9.91. The van der Waals surface area contributed by atoms with E-state index in [9.17, 15) is 8.42 Å². The molecule has 0 spiro atoms. The second kappa shape index (κ2) is 8.12. The van der Waals surface area contributed by atoms with Crippen LogP contribution in [0.5, 0.6) is 0 Å². The van der Waals surface area contributed by atoms with Crippen molar-refractivity contribution in [1.29, 1.82) is 0 Å². The third kappa shape index (κ3) is 4.57. The first-order chi connectivity index (χ1) is 11.4. The monoisotopic (exact) mass is 367 g/mol. The van der Waals surface area contributed by atoms with Crippen LogP contribution in [0, 0.1) is 0 Å². The van der Waals surface area contributed by atoms with Crippen LogP contribution in [0.2, 0.25) is 5.02 Å². The summed E-state index contributed by atoms with van der Waals surface area (Å²) in [6.07, 6.45) is 0.641. The second-order valence-corrected chi connectivity index (χ2v) is 7.80. The van der Waals surface area contributed by atoms with Gasteiger partial charge in [-0.25, -0.2) is 13.1 Å². The SMILES string of the molecule is CC[C@@](CNS(=O)(=O)Cc1ccccc1Cl)(OC)c1ccccc1. The number of sulfonamides is 1. The van der Waals surface area contributed by atoms with E-state index in [2.05, 4.69) is 4.72 Å². The standard InChI is InChI=1S/C18H22ClNO3S/c1-3-18(23-2,16-10-5-4-6-11-16)14-20-24(21,22)13-15-9-7-8-12-17(15)19/h4-12,20H,3,13-14H2,1-2H3/t18-/m0/s1. The van der Waals surface area contributed by atoms with Gasteiger partial charge in [0.1, 0.15) is 5.60 Å². The van der Waals surface area contributed by atoms with Gasteiger partial charge in [-0.05, 0) is 23.6 Å². The summed E-state index contributed by atoms with van der Waals surface area (Å²) < 4.78 is 33.2. The Morgan fingerprint density at radius 2 is 1.71 bits per heavy atom. The van der Waals surface area contributed by atoms with E-state index in [1.807, 2.05) is 37.3 Å². The van der Waals surface area contributed by atoms with Crippen molar-refractivity contribution in [3.8, 4) is 0 Å². The highest BCUT2D eigenvalue weighted by Crippen LogP contribution is 2.28. The normalized spacial score (nSPS) is 14.3. The molecule has 1 atom stereocenters. The predicted octanol–water partition coefficient (Wildman–Crippen LogP) is 3.71. The molecule has 0 aliphatic carbocycles. The van der Waals surface area contributed by atoms with Gasteiger partial charge in [0.05, 0.1) is 5.75 Å². The third-order valence-electron chi connectivity index (χ3n) is 4.14. The molecule has 0 bridgehead atoms. The lowest BCUT2D eigenvalue weighted by Crippen LogP contribution is -2.42. The largest absolute Gasteiger partial charge is 0.372 e. The summed E-state index contributed by atoms with van der Waals surface area (Å²) in [6.45, 7) is 2.13. The van der Waals surface area contributed by atoms with E-state index in [4.69, 9.17) is 16.3 Å². The molecule has 0 unspecified atom stereocenters. The minimum atomic E-state index is -3.53. The molecule has 0 radical (unpaired) electrons. The fourth-order valence-electron chi connectivity index (χ4n) is 2.61. The summed E-state index contributed by atoms with van der Waals surface area (Å²) in [5.74, 6) is -0.162. The molecular formula is C18H22ClNO3S. The zero-order valence-corrected chi connectivity index (χ0v) is 15.4. The Labute approximate surface area is 148 Å². The molecule has 2 aromatic carbocycles. The molecule has 24 heavy (non-hydrogen) atoms. The van der Waals surface area contributed by atoms with Crippen molar-refractivity contribution in [3.63, 3.8) is 0 Å². The van der Waals surface area contributed by atoms with Crippen LogP contribution in [-0.2, 0) is 26.1 Å². The van der Waals surface area contributed by atoms with Crippen LogP contribution in [0.15, 0.2) is 54.6 Å². The molecule has 4 nitrogen and oxygen atoms in total. The van der Waals surface area contributed by atoms with Crippen molar-refractivity contribution in [2.45, 2.75) is 24.7 Å². The van der Waals surface area contributed by atoms with Gasteiger partial charge in [-0.2, -0.15) is 0 Å². The minimum absolute atomic E-state index is 0.162. The lowest BCUT2D eigenvalue weighted by molar-refractivity contribution is -0.0133. The molecule has 0 heterocycles. The number of benzene rings is 2. The highest BCUT2D eigenvalue weighted by molar-refractivity contribution is 7.88. The smallest absolute Gasteiger partial charge is 0.215 e. The number of halogens is 1. The topological polar surface area (TPSA) is 55.4 Å². The Balaban J connectivity index is 2.15. The summed E-state index contributed by atoms with van der Waals surface area (Å²) in [4.78, 5) is 0. The summed E-state index contributed by atoms with van der Waals surface area (Å²) in [7, 11) is -1.94. The van der Waals surface area contributed by atoms with Gasteiger partial charge in [0.25, 0.3) is 0 Å². The van der Waals surface area contributed by atoms with Crippen molar-refractivity contribution in [3.05, 3.63) is 70.7 Å². The molecule has 0 aromatic heterocycles. The van der Waals surface area contributed by atoms with Crippen LogP contribution in [0.3, 0.4) is 0 Å². The fraction of sp³-hybridized carbons (Fsp3) is 0.333. The Morgan fingerprint density at radius 3 is 2.29 bits per heavy atom. The molecule has 6 heteroatoms. The van der Waals surface area contributed by atoms with Crippen molar-refractivity contribution in [2.24, 2.45) is 0 Å². The van der Waals surface area contributed by atoms with Crippen LogP contribution in [0.4, 0.5) is 0 Å². The Kier molecular flexibility index (Phi) is 6.40. The second-order valence-electron chi connectivity index (χ2n) is 5.59. The fourth-order valence-corrected chi connectivity index (χ4v) is 4.10. The molecule has 0 aliphatic heterocycles. The van der Waals surface area contributed by atoms with Crippen LogP contribution < -0.4 is 4.72 Å². The Morgan fingerprint density at radius 1 is 1.08 bits per heavy atom. The number of rotatable bonds is 8. The third-order valence-corrected chi connectivity index (χ3v) is 5.79. The number of ether oxygens (including phenoxy) is 1. The molecule has 2 aromatic rings. The van der Waals surface area contributed by atoms with E-state index in [0.717, 1.165) is 5.56 Å². The van der Waals surface area contributed by atoms with Crippen LogP contribution >= 0.6 is 11.6 Å². The van der Waals surface area contributed by atoms with E-state index in [1.54, 1.807) is 31.4 Å². The van der Waals surface area contributed by atoms with Gasteiger partial charge in [0, 0.05) is 18.7 Å². The first kappa shape index (κ1) is 18.9. The van der Waals surface area contributed by atoms with E-state index in [0.29, 0.717) is 17.0 Å². The predicted molar refractivity (Wildman–Crippen MR) is 97.5 cm³/mol. The lowest BCUT2D eigenvalue weighted by Gasteiger charge is -2.32. The Hall–Kier alpha value is -1.40. The summed E-state index contributed by atoms with van der Waals surface area (Å²) in [5.41, 5.74) is 0.816. The zero-order valence-electron chi connectivity index (χ0n) is 13.8. The molecular weight excluding hydrogens is 346 g/mol. The summed E-state index contributed by atoms with van der Waals surface area (Å²) in [5, 5.41) is 0.444. The van der Waals surface area contributed by atoms with Gasteiger partial charge in [-0.15, -0.1) is 0 Å². The molecule has 0 amide bonds. The maximum atomic E-state index is 12.4. The number of hydrogen-bond donors (Lipinski definition) is 1. The number of nitrogens with one attached hydrogen (secondary N) is 1. The van der Waals surface area contributed by atoms with Crippen LogP contribution in [0.1, 0.15) is 24.5 Å². The summed E-state index contributed by atoms with van der Waals surface area (Å²) >= 11 is 6.05. The molecule has 130 valence electrons. The van der Waals surface area contributed by atoms with Gasteiger partial charge >= 0.3 is 0 Å². The van der Waals surface area contributed by atoms with Crippen molar-refractivity contribution in [2.75, 3.05) is 13.7 Å². The molecule has 0 fully saturated rings. The zero-order chi connectivity index (χ0) is 17.6. The van der Waals surface area contributed by atoms with Crippen molar-refractivity contribution in [1.82, 2.24) is 4.72 Å². The van der Waals surface area contributed by atoms with Crippen molar-refractivity contribution < 1.29 is 13.2 Å². The van der Waals surface area contributed by atoms with E-state index < -0.39 is 15.6 Å². The van der Waals surface area contributed by atoms with E-state index >= 15 is 0 Å². The van der Waals surface area contributed by atoms with Gasteiger partial charge in [0.15, 0.2) is 0 Å². The maximum absolute atomic E-state index is 12.4. The van der Waals surface area contributed by atoms with Gasteiger partial charge in [0.2, 0.25) is 10.0 Å². The van der Waals surface area contributed by atoms with E-state index in [1.165, 1.54) is 0 Å². The van der Waals surface area contributed by atoms with Crippen LogP contribution in [0.25, 0.3) is 0 Å². The van der Waals surface area contributed by atoms with Gasteiger partial charge < -0.3 is 4.74 Å². The first-order valence-corrected chi connectivity index (χ1v) is 9.77. The first-order valence-electron chi connectivity index (χ1n) is 7.74. The maximum Gasteiger partial charge on any atom is 0.215 e. The van der Waals surface area contributed by atoms with E-state index in [-0.39, 0.29) is 12.3 Å². The molecule has 0 saturated heterocycles. The van der Waals surface area contributed by atoms with Gasteiger partial charge in [-0.3, -0.25) is 0 Å². The quantitative estimate of drug-likeness (QED) is 0.773. The molecule has 2 rings (SSSR count). The average Bonchev–Trinajstić information content (AvgIpc) is 2.59. The highest BCUT2D eigenvalue weighted by Gasteiger charge is 2.31. The highest BCUT2D eigenvalue weighted by atomic mass is 35.5.